The second-order valence-electron chi connectivity index (χ2n) is 8.64. The summed E-state index contributed by atoms with van der Waals surface area (Å²) in [6, 6.07) is 16.7. The number of hydrogen-bond acceptors (Lipinski definition) is 9. The van der Waals surface area contributed by atoms with Crippen molar-refractivity contribution in [2.75, 3.05) is 20.3 Å². The Labute approximate surface area is 209 Å². The summed E-state index contributed by atoms with van der Waals surface area (Å²) in [5.74, 6) is -0.147. The first-order chi connectivity index (χ1) is 17.4. The molecule has 1 aliphatic heterocycles. The minimum Gasteiger partial charge on any atom is -0.490 e. The van der Waals surface area contributed by atoms with Crippen LogP contribution >= 0.6 is 10.8 Å². The van der Waals surface area contributed by atoms with E-state index in [4.69, 9.17) is 9.47 Å². The Hall–Kier alpha value is -3.51. The maximum Gasteiger partial charge on any atom is 0.306 e. The molecular weight excluding hydrogens is 482 g/mol. The molecule has 4 aromatic rings. The summed E-state index contributed by atoms with van der Waals surface area (Å²) < 4.78 is 36.4. The van der Waals surface area contributed by atoms with Crippen molar-refractivity contribution in [1.82, 2.24) is 24.3 Å². The molecule has 5 rings (SSSR count). The third kappa shape index (κ3) is 4.65. The van der Waals surface area contributed by atoms with Gasteiger partial charge < -0.3 is 9.47 Å². The van der Waals surface area contributed by atoms with Gasteiger partial charge in [0, 0.05) is 18.7 Å². The molecule has 0 amide bonds. The van der Waals surface area contributed by atoms with Gasteiger partial charge in [-0.3, -0.25) is 13.9 Å². The number of hydrogen-bond donors (Lipinski definition) is 2. The fraction of sp³-hybridized carbons (Fsp3) is 0.280. The zero-order valence-corrected chi connectivity index (χ0v) is 20.8. The lowest BCUT2D eigenvalue weighted by atomic mass is 9.87. The van der Waals surface area contributed by atoms with Crippen LogP contribution in [0.4, 0.5) is 0 Å². The molecule has 0 fully saturated rings. The van der Waals surface area contributed by atoms with Gasteiger partial charge in [0.1, 0.15) is 17.3 Å². The van der Waals surface area contributed by atoms with Crippen LogP contribution in [0.15, 0.2) is 65.7 Å². The minimum absolute atomic E-state index is 0.136. The lowest BCUT2D eigenvalue weighted by Gasteiger charge is -2.41. The van der Waals surface area contributed by atoms with Gasteiger partial charge in [-0.1, -0.05) is 30.3 Å². The van der Waals surface area contributed by atoms with Crippen LogP contribution in [0.5, 0.6) is 5.75 Å². The molecule has 0 spiro atoms. The van der Waals surface area contributed by atoms with Crippen molar-refractivity contribution < 1.29 is 23.4 Å². The highest BCUT2D eigenvalue weighted by Gasteiger charge is 2.31. The molecule has 10 nitrogen and oxygen atoms in total. The highest BCUT2D eigenvalue weighted by molar-refractivity contribution is 8.22. The summed E-state index contributed by atoms with van der Waals surface area (Å²) in [6.45, 7) is 2.97. The molecule has 2 N–H and O–H groups in total. The van der Waals surface area contributed by atoms with Gasteiger partial charge in [-0.2, -0.15) is 4.31 Å². The van der Waals surface area contributed by atoms with E-state index in [0.717, 1.165) is 22.3 Å². The molecule has 3 heterocycles. The van der Waals surface area contributed by atoms with Gasteiger partial charge in [-0.15, -0.1) is 15.9 Å². The number of para-hydroxylation sites is 1. The van der Waals surface area contributed by atoms with Crippen LogP contribution in [0.2, 0.25) is 0 Å². The van der Waals surface area contributed by atoms with Crippen molar-refractivity contribution in [3.05, 3.63) is 83.0 Å². The Bertz CT molecular complexity index is 1410. The van der Waals surface area contributed by atoms with E-state index < -0.39 is 10.8 Å². The Kier molecular flexibility index (Phi) is 6.63. The summed E-state index contributed by atoms with van der Waals surface area (Å²) >= 11 is 0. The van der Waals surface area contributed by atoms with E-state index in [1.165, 1.54) is 7.11 Å². The number of tetrazole rings is 1. The number of nitrogens with zero attached hydrogens (tertiary/aromatic N) is 5. The van der Waals surface area contributed by atoms with Gasteiger partial charge in [0.2, 0.25) is 0 Å². The second-order valence-corrected chi connectivity index (χ2v) is 10.6. The Morgan fingerprint density at radius 3 is 2.81 bits per heavy atom. The summed E-state index contributed by atoms with van der Waals surface area (Å²) in [7, 11) is -1.88. The van der Waals surface area contributed by atoms with Crippen LogP contribution < -0.4 is 4.74 Å². The highest BCUT2D eigenvalue weighted by Crippen LogP contribution is 2.56. The Morgan fingerprint density at radius 1 is 1.17 bits per heavy atom. The number of aromatic nitrogens is 4. The van der Waals surface area contributed by atoms with Gasteiger partial charge in [0.15, 0.2) is 5.65 Å². The van der Waals surface area contributed by atoms with Crippen molar-refractivity contribution >= 4 is 22.4 Å². The average molecular weight is 510 g/mol. The number of benzene rings is 2. The normalized spacial score (nSPS) is 17.0. The summed E-state index contributed by atoms with van der Waals surface area (Å²) in [5, 5.41) is 11.6. The first-order valence-electron chi connectivity index (χ1n) is 11.5. The molecule has 1 atom stereocenters. The number of methoxy groups -OCH3 is 1. The maximum absolute atomic E-state index is 12.3. The van der Waals surface area contributed by atoms with E-state index in [0.29, 0.717) is 36.0 Å². The van der Waals surface area contributed by atoms with Crippen LogP contribution in [0, 0.1) is 6.92 Å². The molecule has 36 heavy (non-hydrogen) atoms. The zero-order chi connectivity index (χ0) is 25.3. The lowest BCUT2D eigenvalue weighted by molar-refractivity contribution is -0.140. The summed E-state index contributed by atoms with van der Waals surface area (Å²) in [4.78, 5) is 12.7. The molecule has 2 aromatic heterocycles. The third-order valence-corrected chi connectivity index (χ3v) is 8.41. The van der Waals surface area contributed by atoms with Crippen LogP contribution in [0.1, 0.15) is 34.6 Å². The van der Waals surface area contributed by atoms with E-state index in [1.807, 2.05) is 43.3 Å². The molecule has 11 heteroatoms. The largest absolute Gasteiger partial charge is 0.490 e. The Balaban J connectivity index is 1.50. The molecule has 0 bridgehead atoms. The van der Waals surface area contributed by atoms with Crippen LogP contribution in [-0.4, -0.2) is 59.7 Å². The third-order valence-electron chi connectivity index (χ3n) is 6.45. The van der Waals surface area contributed by atoms with Gasteiger partial charge in [-0.25, -0.2) is 4.52 Å². The number of carbonyl (C=O) groups excluding carboxylic acids is 1. The highest BCUT2D eigenvalue weighted by atomic mass is 32.3. The van der Waals surface area contributed by atoms with Crippen molar-refractivity contribution in [3.63, 3.8) is 0 Å². The number of rotatable bonds is 6. The first kappa shape index (κ1) is 24.2. The fourth-order valence-electron chi connectivity index (χ4n) is 4.41. The minimum atomic E-state index is -3.25. The van der Waals surface area contributed by atoms with Gasteiger partial charge in [0.05, 0.1) is 20.1 Å². The quantitative estimate of drug-likeness (QED) is 0.371. The molecule has 2 aromatic carbocycles. The van der Waals surface area contributed by atoms with Crippen LogP contribution in [0.25, 0.3) is 5.65 Å². The Morgan fingerprint density at radius 2 is 1.97 bits per heavy atom. The van der Waals surface area contributed by atoms with E-state index >= 15 is 0 Å². The van der Waals surface area contributed by atoms with Crippen molar-refractivity contribution in [3.8, 4) is 5.75 Å². The number of pyridine rings is 1. The van der Waals surface area contributed by atoms with Gasteiger partial charge in [-0.05, 0) is 63.9 Å². The molecule has 0 radical (unpaired) electrons. The predicted molar refractivity (Wildman–Crippen MR) is 134 cm³/mol. The number of ether oxygens (including phenoxy) is 2. The zero-order valence-electron chi connectivity index (χ0n) is 19.9. The fourth-order valence-corrected chi connectivity index (χ4v) is 5.99. The van der Waals surface area contributed by atoms with E-state index in [9.17, 15) is 13.9 Å². The second kappa shape index (κ2) is 9.86. The smallest absolute Gasteiger partial charge is 0.306 e. The van der Waals surface area contributed by atoms with Gasteiger partial charge in [0.25, 0.3) is 0 Å². The molecule has 0 saturated heterocycles. The lowest BCUT2D eigenvalue weighted by Crippen LogP contribution is -2.29. The van der Waals surface area contributed by atoms with E-state index in [-0.39, 0.29) is 18.3 Å². The number of aryl methyl sites for hydroxylation is 1. The van der Waals surface area contributed by atoms with Crippen LogP contribution in [0.3, 0.4) is 0 Å². The molecule has 0 aliphatic carbocycles. The average Bonchev–Trinajstić information content (AvgIpc) is 3.31. The molecular formula is C25H27N5O5S. The molecule has 188 valence electrons. The van der Waals surface area contributed by atoms with Crippen molar-refractivity contribution in [1.29, 1.82) is 0 Å². The van der Waals surface area contributed by atoms with E-state index in [1.54, 1.807) is 33.2 Å². The molecule has 1 unspecified atom stereocenters. The van der Waals surface area contributed by atoms with Crippen LogP contribution in [-0.2, 0) is 16.1 Å². The standard InChI is InChI=1S/C25H27N5O5S/c1-17-7-8-18(21(15-25(31)34-2)19-9-10-30-24(14-19)26-27-28-30)13-20(17)16-29-11-12-35-22-5-3-4-6-23(22)36(29,32)33/h3-10,13-14,21,32-33H,11-12,15-16H2,1-2H3. The number of esters is 1. The monoisotopic (exact) mass is 509 g/mol. The summed E-state index contributed by atoms with van der Waals surface area (Å²) in [5.41, 5.74) is 4.28. The van der Waals surface area contributed by atoms with Gasteiger partial charge >= 0.3 is 5.97 Å². The van der Waals surface area contributed by atoms with Crippen molar-refractivity contribution in [2.24, 2.45) is 0 Å². The van der Waals surface area contributed by atoms with Crippen molar-refractivity contribution in [2.45, 2.75) is 30.7 Å². The topological polar surface area (TPSA) is 122 Å². The SMILES string of the molecule is COC(=O)CC(c1ccc(C)c(CN2CCOc3ccccc3S2(O)O)c1)c1ccn2nnnc2c1. The maximum atomic E-state index is 12.3. The van der Waals surface area contributed by atoms with E-state index in [2.05, 4.69) is 15.5 Å². The number of fused-ring (bicyclic) bond motifs is 2. The molecule has 0 saturated carbocycles. The summed E-state index contributed by atoms with van der Waals surface area (Å²) in [6.07, 6.45) is 1.89. The molecule has 1 aliphatic rings. The number of carbonyl (C=O) groups is 1. The first-order valence-corrected chi connectivity index (χ1v) is 13.0. The predicted octanol–water partition coefficient (Wildman–Crippen LogP) is 4.05.